The molecule has 4 heavy (non-hydrogen) atoms. The van der Waals surface area contributed by atoms with E-state index < -0.39 is 0 Å². The molecule has 1 saturated heterocycles. The maximum atomic E-state index is 2.31. The van der Waals surface area contributed by atoms with Crippen molar-refractivity contribution in [1.29, 1.82) is 0 Å². The van der Waals surface area contributed by atoms with Crippen molar-refractivity contribution >= 4 is 30.1 Å². The average molecular weight is 85.6 g/mol. The summed E-state index contributed by atoms with van der Waals surface area (Å²) in [5.41, 5.74) is 0. The van der Waals surface area contributed by atoms with Crippen LogP contribution in [-0.2, 0) is 0 Å². The fourth-order valence-electron chi connectivity index (χ4n) is 0.0833. The molecule has 20 valence electrons. The molecule has 0 N–H and O–H groups in total. The van der Waals surface area contributed by atoms with Crippen LogP contribution in [0.2, 0.25) is 0 Å². The highest BCUT2D eigenvalue weighted by Gasteiger charge is 1.52. The van der Waals surface area contributed by atoms with Crippen molar-refractivity contribution in [2.24, 2.45) is 0 Å². The minimum Gasteiger partial charge on any atom is -0.586 e. The van der Waals surface area contributed by atoms with Gasteiger partial charge in [0, 0.05) is 0 Å². The molecule has 0 aromatic heterocycles. The zero-order valence-corrected chi connectivity index (χ0v) is 4.15. The summed E-state index contributed by atoms with van der Waals surface area (Å²) in [7, 11) is 2.17. The summed E-state index contributed by atoms with van der Waals surface area (Å²) in [4.78, 5) is 0. The standard InChI is InChI=1S/B2H2P2/c1-3-2-4-1/h3-4H/q-2. The van der Waals surface area contributed by atoms with Crippen LogP contribution in [0.15, 0.2) is 0 Å². The summed E-state index contributed by atoms with van der Waals surface area (Å²) >= 11 is 0. The molecular weight excluding hydrogens is 83.6 g/mol. The van der Waals surface area contributed by atoms with Gasteiger partial charge < -0.3 is 30.1 Å². The van der Waals surface area contributed by atoms with E-state index in [9.17, 15) is 0 Å². The van der Waals surface area contributed by atoms with E-state index in [1.807, 2.05) is 0 Å². The predicted molar refractivity (Wildman–Crippen MR) is 28.1 cm³/mol. The van der Waals surface area contributed by atoms with Crippen molar-refractivity contribution in [2.75, 3.05) is 0 Å². The lowest BCUT2D eigenvalue weighted by atomic mass is 10.6. The average Bonchev–Trinajstić information content (AvgIpc) is 0.722. The van der Waals surface area contributed by atoms with Crippen molar-refractivity contribution in [1.82, 2.24) is 0 Å². The monoisotopic (exact) mass is 86.0 g/mol. The Labute approximate surface area is 31.0 Å². The zero-order valence-electron chi connectivity index (χ0n) is 2.15. The summed E-state index contributed by atoms with van der Waals surface area (Å²) in [5.74, 6) is 0. The number of hydrogen-bond acceptors (Lipinski definition) is 0. The van der Waals surface area contributed by atoms with Crippen LogP contribution < -0.4 is 0 Å². The largest absolute Gasteiger partial charge is 0.586 e. The first kappa shape index (κ1) is 3.19. The van der Waals surface area contributed by atoms with Crippen molar-refractivity contribution in [3.05, 3.63) is 0 Å². The molecule has 1 aliphatic heterocycles. The van der Waals surface area contributed by atoms with Crippen LogP contribution in [0.25, 0.3) is 0 Å². The van der Waals surface area contributed by atoms with Gasteiger partial charge in [-0.15, -0.1) is 0 Å². The lowest BCUT2D eigenvalue weighted by Crippen LogP contribution is -1.85. The zero-order chi connectivity index (χ0) is 2.83. The first-order valence-corrected chi connectivity index (χ1v) is 3.46. The third-order valence-electron chi connectivity index (χ3n) is 0.333. The topological polar surface area (TPSA) is 0 Å². The Hall–Kier alpha value is 0.990. The van der Waals surface area contributed by atoms with E-state index in [1.54, 1.807) is 0 Å². The molecule has 0 aromatic carbocycles. The first-order valence-electron chi connectivity index (χ1n) is 1.15. The maximum Gasteiger partial charge on any atom is -0.375 e. The Morgan fingerprint density at radius 2 is 1.25 bits per heavy atom. The third kappa shape index (κ3) is 0.475. The van der Waals surface area contributed by atoms with Gasteiger partial charge in [0.25, 0.3) is 0 Å². The van der Waals surface area contributed by atoms with E-state index in [-0.39, 0.29) is 0 Å². The number of hydrogen-bond donors (Lipinski definition) is 0. The first-order chi connectivity index (χ1) is 2.00. The normalized spacial score (nSPS) is 36.0. The molecule has 0 unspecified atom stereocenters. The van der Waals surface area contributed by atoms with Gasteiger partial charge in [-0.1, -0.05) is 0 Å². The molecule has 0 saturated carbocycles. The molecule has 0 aromatic rings. The van der Waals surface area contributed by atoms with E-state index in [1.165, 1.54) is 0 Å². The molecule has 1 heterocycles. The second-order valence-electron chi connectivity index (χ2n) is 0.622. The van der Waals surface area contributed by atoms with Crippen molar-refractivity contribution in [3.8, 4) is 0 Å². The van der Waals surface area contributed by atoms with Gasteiger partial charge >= 0.3 is 0 Å². The van der Waals surface area contributed by atoms with E-state index in [0.717, 1.165) is 16.7 Å². The van der Waals surface area contributed by atoms with Gasteiger partial charge in [-0.2, -0.15) is 0 Å². The fraction of sp³-hybridized carbons (Fsp3) is 0. The Kier molecular flexibility index (Phi) is 1.14. The van der Waals surface area contributed by atoms with Gasteiger partial charge in [-0.25, -0.2) is 0 Å². The molecule has 0 nitrogen and oxygen atoms in total. The molecule has 1 aliphatic rings. The molecule has 4 radical (unpaired) electrons. The van der Waals surface area contributed by atoms with Crippen molar-refractivity contribution in [3.63, 3.8) is 0 Å². The van der Waals surface area contributed by atoms with E-state index >= 15 is 0 Å². The van der Waals surface area contributed by atoms with Crippen molar-refractivity contribution in [2.45, 2.75) is 0 Å². The maximum absolute atomic E-state index is 2.31. The minimum absolute atomic E-state index is 1.08. The highest BCUT2D eigenvalue weighted by atomic mass is 31.2. The van der Waals surface area contributed by atoms with Crippen LogP contribution >= 0.6 is 16.7 Å². The van der Waals surface area contributed by atoms with Gasteiger partial charge in [0.2, 0.25) is 0 Å². The van der Waals surface area contributed by atoms with Crippen LogP contribution in [0, 0.1) is 0 Å². The highest BCUT2D eigenvalue weighted by molar-refractivity contribution is 8.42. The molecule has 1 fully saturated rings. The third-order valence-corrected chi connectivity index (χ3v) is 3.00. The van der Waals surface area contributed by atoms with E-state index in [2.05, 4.69) is 13.4 Å². The smallest absolute Gasteiger partial charge is 0.375 e. The minimum atomic E-state index is 1.08. The SMILES string of the molecule is [B-]1P[B-]P1. The van der Waals surface area contributed by atoms with Crippen LogP contribution in [0.4, 0.5) is 0 Å². The molecule has 0 amide bonds. The van der Waals surface area contributed by atoms with Gasteiger partial charge in [-0.05, 0) is 0 Å². The summed E-state index contributed by atoms with van der Waals surface area (Å²) < 4.78 is 0. The fourth-order valence-corrected chi connectivity index (χ4v) is 0.750. The van der Waals surface area contributed by atoms with Crippen LogP contribution in [-0.4, -0.2) is 13.4 Å². The van der Waals surface area contributed by atoms with Crippen LogP contribution in [0.3, 0.4) is 0 Å². The van der Waals surface area contributed by atoms with E-state index in [4.69, 9.17) is 0 Å². The summed E-state index contributed by atoms with van der Waals surface area (Å²) in [6.07, 6.45) is 0. The van der Waals surface area contributed by atoms with Gasteiger partial charge in [-0.3, -0.25) is 0 Å². The van der Waals surface area contributed by atoms with Crippen LogP contribution in [0.1, 0.15) is 0 Å². The summed E-state index contributed by atoms with van der Waals surface area (Å²) in [6.45, 7) is 4.61. The number of rotatable bonds is 0. The van der Waals surface area contributed by atoms with Crippen molar-refractivity contribution < 1.29 is 0 Å². The second-order valence-corrected chi connectivity index (χ2v) is 3.60. The second kappa shape index (κ2) is 1.43. The molecule has 0 atom stereocenters. The molecule has 1 rings (SSSR count). The predicted octanol–water partition coefficient (Wildman–Crippen LogP) is 0.425. The van der Waals surface area contributed by atoms with Gasteiger partial charge in [0.05, 0.1) is 0 Å². The molecule has 4 heteroatoms. The quantitative estimate of drug-likeness (QED) is 0.296. The Balaban J connectivity index is 2.00. The molecular formula is H2B2P2-2. The lowest BCUT2D eigenvalue weighted by molar-refractivity contribution is 4.25. The van der Waals surface area contributed by atoms with Gasteiger partial charge in [0.15, 0.2) is 0 Å². The Bertz CT molecular complexity index is 12.0. The van der Waals surface area contributed by atoms with Crippen LogP contribution in [0.5, 0.6) is 0 Å². The lowest BCUT2D eigenvalue weighted by Gasteiger charge is -2.48. The Morgan fingerprint density at radius 1 is 1.00 bits per heavy atom. The summed E-state index contributed by atoms with van der Waals surface area (Å²) in [6, 6.07) is 0. The molecule has 0 spiro atoms. The molecule has 0 aliphatic carbocycles. The Morgan fingerprint density at radius 3 is 1.25 bits per heavy atom. The molecule has 0 bridgehead atoms. The van der Waals surface area contributed by atoms with Gasteiger partial charge in [0.1, 0.15) is 0 Å². The summed E-state index contributed by atoms with van der Waals surface area (Å²) in [5, 5.41) is 0. The highest BCUT2D eigenvalue weighted by Crippen LogP contribution is 2.34. The van der Waals surface area contributed by atoms with E-state index in [0.29, 0.717) is 0 Å².